The molecule has 2 fully saturated rings. The first-order valence-electron chi connectivity index (χ1n) is 11.3. The van der Waals surface area contributed by atoms with Crippen LogP contribution in [0.2, 0.25) is 0 Å². The third kappa shape index (κ3) is 4.56. The molecule has 0 aliphatic carbocycles. The standard InChI is InChI=1S/C24H29N7O/c1-29-10-12-30(13-11-29)21-4-8-31(9-5-21)24(32)28-23-15-20-14-18(2-3-19(20)16-27-23)22-17-25-6-7-26-22/h2-3,6-7,14-17,21H,4-5,8-13H2,1H3,(H,27,28,32). The Kier molecular flexibility index (Phi) is 5.96. The Morgan fingerprint density at radius 2 is 1.75 bits per heavy atom. The summed E-state index contributed by atoms with van der Waals surface area (Å²) in [5.74, 6) is 0.569. The number of amides is 2. The highest BCUT2D eigenvalue weighted by atomic mass is 16.2. The van der Waals surface area contributed by atoms with Crippen LogP contribution in [0.4, 0.5) is 10.6 Å². The maximum absolute atomic E-state index is 12.9. The van der Waals surface area contributed by atoms with Gasteiger partial charge in [-0.2, -0.15) is 0 Å². The molecule has 2 aliphatic rings. The minimum Gasteiger partial charge on any atom is -0.324 e. The maximum Gasteiger partial charge on any atom is 0.323 e. The topological polar surface area (TPSA) is 77.5 Å². The zero-order chi connectivity index (χ0) is 21.9. The Morgan fingerprint density at radius 3 is 2.50 bits per heavy atom. The molecule has 8 nitrogen and oxygen atoms in total. The Labute approximate surface area is 188 Å². The van der Waals surface area contributed by atoms with Crippen LogP contribution >= 0.6 is 0 Å². The van der Waals surface area contributed by atoms with Crippen LogP contribution in [0.1, 0.15) is 12.8 Å². The number of anilines is 1. The average Bonchev–Trinajstić information content (AvgIpc) is 2.85. The summed E-state index contributed by atoms with van der Waals surface area (Å²) in [4.78, 5) is 32.7. The fraction of sp³-hybridized carbons (Fsp3) is 0.417. The molecule has 0 unspecified atom stereocenters. The van der Waals surface area contributed by atoms with E-state index in [4.69, 9.17) is 0 Å². The highest BCUT2D eigenvalue weighted by molar-refractivity contribution is 5.93. The van der Waals surface area contributed by atoms with Crippen LogP contribution in [0.5, 0.6) is 0 Å². The first-order valence-corrected chi connectivity index (χ1v) is 11.3. The van der Waals surface area contributed by atoms with E-state index in [9.17, 15) is 4.79 Å². The fourth-order valence-corrected chi connectivity index (χ4v) is 4.63. The Balaban J connectivity index is 1.22. The van der Waals surface area contributed by atoms with Gasteiger partial charge in [0.1, 0.15) is 5.82 Å². The predicted octanol–water partition coefficient (Wildman–Crippen LogP) is 2.94. The van der Waals surface area contributed by atoms with Crippen LogP contribution in [0.25, 0.3) is 22.0 Å². The molecule has 166 valence electrons. The number of carbonyl (C=O) groups is 1. The van der Waals surface area contributed by atoms with Gasteiger partial charge in [-0.1, -0.05) is 12.1 Å². The minimum absolute atomic E-state index is 0.0706. The van der Waals surface area contributed by atoms with Crippen molar-refractivity contribution in [2.75, 3.05) is 51.6 Å². The molecule has 2 amide bonds. The van der Waals surface area contributed by atoms with E-state index >= 15 is 0 Å². The summed E-state index contributed by atoms with van der Waals surface area (Å²) in [7, 11) is 2.18. The quantitative estimate of drug-likeness (QED) is 0.687. The normalized spacial score (nSPS) is 18.7. The van der Waals surface area contributed by atoms with E-state index in [1.165, 1.54) is 0 Å². The number of hydrogen-bond acceptors (Lipinski definition) is 6. The number of piperazine rings is 1. The number of pyridine rings is 1. The molecule has 0 spiro atoms. The number of likely N-dealkylation sites (tertiary alicyclic amines) is 1. The number of urea groups is 1. The van der Waals surface area contributed by atoms with Crippen molar-refractivity contribution in [1.29, 1.82) is 0 Å². The molecule has 2 aliphatic heterocycles. The number of nitrogens with one attached hydrogen (secondary N) is 1. The molecule has 0 radical (unpaired) electrons. The van der Waals surface area contributed by atoms with E-state index in [1.807, 2.05) is 23.1 Å². The predicted molar refractivity (Wildman–Crippen MR) is 125 cm³/mol. The molecule has 0 bridgehead atoms. The van der Waals surface area contributed by atoms with Crippen molar-refractivity contribution in [3.63, 3.8) is 0 Å². The van der Waals surface area contributed by atoms with Gasteiger partial charge in [-0.15, -0.1) is 0 Å². The van der Waals surface area contributed by atoms with E-state index < -0.39 is 0 Å². The first kappa shape index (κ1) is 20.8. The number of likely N-dealkylation sites (N-methyl/N-ethyl adjacent to an activating group) is 1. The lowest BCUT2D eigenvalue weighted by Crippen LogP contribution is -2.53. The van der Waals surface area contributed by atoms with Gasteiger partial charge < -0.3 is 9.80 Å². The van der Waals surface area contributed by atoms with Crippen LogP contribution in [-0.2, 0) is 0 Å². The van der Waals surface area contributed by atoms with Crippen molar-refractivity contribution in [1.82, 2.24) is 29.7 Å². The lowest BCUT2D eigenvalue weighted by atomic mass is 10.0. The number of rotatable bonds is 3. The molecule has 0 atom stereocenters. The number of aromatic nitrogens is 3. The van der Waals surface area contributed by atoms with E-state index in [1.54, 1.807) is 24.8 Å². The summed E-state index contributed by atoms with van der Waals surface area (Å²) in [6, 6.07) is 8.52. The number of piperidine rings is 1. The Morgan fingerprint density at radius 1 is 0.938 bits per heavy atom. The zero-order valence-electron chi connectivity index (χ0n) is 18.4. The molecule has 2 saturated heterocycles. The molecule has 2 aromatic heterocycles. The minimum atomic E-state index is -0.0706. The molecule has 8 heteroatoms. The Bertz CT molecular complexity index is 1070. The van der Waals surface area contributed by atoms with Crippen molar-refractivity contribution in [3.8, 4) is 11.3 Å². The monoisotopic (exact) mass is 431 g/mol. The second kappa shape index (κ2) is 9.18. The summed E-state index contributed by atoms with van der Waals surface area (Å²) >= 11 is 0. The molecule has 1 N–H and O–H groups in total. The van der Waals surface area contributed by atoms with E-state index in [-0.39, 0.29) is 6.03 Å². The van der Waals surface area contributed by atoms with Gasteiger partial charge in [0.15, 0.2) is 0 Å². The van der Waals surface area contributed by atoms with Crippen molar-refractivity contribution in [2.45, 2.75) is 18.9 Å². The largest absolute Gasteiger partial charge is 0.324 e. The van der Waals surface area contributed by atoms with Crippen molar-refractivity contribution >= 4 is 22.6 Å². The van der Waals surface area contributed by atoms with E-state index in [0.717, 1.165) is 74.1 Å². The number of nitrogens with zero attached hydrogens (tertiary/aromatic N) is 6. The van der Waals surface area contributed by atoms with Crippen LogP contribution in [0.3, 0.4) is 0 Å². The average molecular weight is 432 g/mol. The van der Waals surface area contributed by atoms with Gasteiger partial charge in [0.05, 0.1) is 11.9 Å². The molecule has 5 rings (SSSR count). The van der Waals surface area contributed by atoms with Crippen LogP contribution in [-0.4, -0.2) is 88.0 Å². The molecular formula is C24H29N7O. The summed E-state index contributed by atoms with van der Waals surface area (Å²) in [6.45, 7) is 6.09. The van der Waals surface area contributed by atoms with Gasteiger partial charge in [-0.25, -0.2) is 9.78 Å². The summed E-state index contributed by atoms with van der Waals surface area (Å²) in [5, 5.41) is 5.01. The number of fused-ring (bicyclic) bond motifs is 1. The number of benzene rings is 1. The van der Waals surface area contributed by atoms with Gasteiger partial charge in [0.25, 0.3) is 0 Å². The lowest BCUT2D eigenvalue weighted by Gasteiger charge is -2.42. The maximum atomic E-state index is 12.9. The van der Waals surface area contributed by atoms with Gasteiger partial charge >= 0.3 is 6.03 Å². The van der Waals surface area contributed by atoms with Crippen molar-refractivity contribution in [2.24, 2.45) is 0 Å². The van der Waals surface area contributed by atoms with Crippen molar-refractivity contribution < 1.29 is 4.79 Å². The third-order valence-electron chi connectivity index (χ3n) is 6.62. The summed E-state index contributed by atoms with van der Waals surface area (Å²) < 4.78 is 0. The van der Waals surface area contributed by atoms with Crippen LogP contribution in [0.15, 0.2) is 49.1 Å². The second-order valence-electron chi connectivity index (χ2n) is 8.71. The number of carbonyl (C=O) groups excluding carboxylic acids is 1. The van der Waals surface area contributed by atoms with Gasteiger partial charge in [0.2, 0.25) is 0 Å². The third-order valence-corrected chi connectivity index (χ3v) is 6.62. The lowest BCUT2D eigenvalue weighted by molar-refractivity contribution is 0.0765. The Hall–Kier alpha value is -3.10. The van der Waals surface area contributed by atoms with E-state index in [0.29, 0.717) is 11.9 Å². The van der Waals surface area contributed by atoms with Crippen LogP contribution < -0.4 is 5.32 Å². The summed E-state index contributed by atoms with van der Waals surface area (Å²) in [5.41, 5.74) is 1.81. The molecule has 32 heavy (non-hydrogen) atoms. The fourth-order valence-electron chi connectivity index (χ4n) is 4.63. The summed E-state index contributed by atoms with van der Waals surface area (Å²) in [6.07, 6.45) is 8.95. The highest BCUT2D eigenvalue weighted by Gasteiger charge is 2.28. The molecular weight excluding hydrogens is 402 g/mol. The van der Waals surface area contributed by atoms with Crippen LogP contribution in [0, 0.1) is 0 Å². The molecule has 0 saturated carbocycles. The SMILES string of the molecule is CN1CCN(C2CCN(C(=O)Nc3cc4cc(-c5cnccn5)ccc4cn3)CC2)CC1. The van der Waals surface area contributed by atoms with Crippen molar-refractivity contribution in [3.05, 3.63) is 49.1 Å². The number of hydrogen-bond donors (Lipinski definition) is 1. The van der Waals surface area contributed by atoms with Gasteiger partial charge in [-0.05, 0) is 37.4 Å². The molecule has 1 aromatic carbocycles. The van der Waals surface area contributed by atoms with Gasteiger partial charge in [0, 0.05) is 74.9 Å². The van der Waals surface area contributed by atoms with E-state index in [2.05, 4.69) is 43.2 Å². The molecule has 4 heterocycles. The van der Waals surface area contributed by atoms with Gasteiger partial charge in [-0.3, -0.25) is 20.2 Å². The smallest absolute Gasteiger partial charge is 0.323 e. The molecule has 3 aromatic rings. The second-order valence-corrected chi connectivity index (χ2v) is 8.71. The first-order chi connectivity index (χ1) is 15.7. The zero-order valence-corrected chi connectivity index (χ0v) is 18.4. The highest BCUT2D eigenvalue weighted by Crippen LogP contribution is 2.24.